The second-order valence-electron chi connectivity index (χ2n) is 5.25. The van der Waals surface area contributed by atoms with E-state index in [9.17, 15) is 13.2 Å². The van der Waals surface area contributed by atoms with E-state index >= 15 is 0 Å². The van der Waals surface area contributed by atoms with E-state index in [-0.39, 0.29) is 11.1 Å². The van der Waals surface area contributed by atoms with Crippen LogP contribution in [0, 0.1) is 0 Å². The molecule has 0 fully saturated rings. The molecule has 2 aromatic rings. The zero-order valence-electron chi connectivity index (χ0n) is 11.3. The minimum absolute atomic E-state index is 0.167. The van der Waals surface area contributed by atoms with Gasteiger partial charge in [0, 0.05) is 6.54 Å². The zero-order valence-corrected chi connectivity index (χ0v) is 12.0. The highest BCUT2D eigenvalue weighted by Gasteiger charge is 2.35. The van der Waals surface area contributed by atoms with E-state index in [0.29, 0.717) is 5.56 Å². The maximum absolute atomic E-state index is 13.0. The molecule has 1 unspecified atom stereocenters. The largest absolute Gasteiger partial charge is 0.417 e. The number of fused-ring (bicyclic) bond motifs is 1. The summed E-state index contributed by atoms with van der Waals surface area (Å²) in [5.41, 5.74) is 2.03. The molecule has 0 N–H and O–H groups in total. The Bertz CT molecular complexity index is 681. The molecule has 21 heavy (non-hydrogen) atoms. The maximum Gasteiger partial charge on any atom is 0.417 e. The van der Waals surface area contributed by atoms with E-state index in [1.165, 1.54) is 6.07 Å². The molecule has 0 saturated carbocycles. The van der Waals surface area contributed by atoms with E-state index < -0.39 is 11.7 Å². The van der Waals surface area contributed by atoms with Gasteiger partial charge >= 0.3 is 6.18 Å². The molecule has 3 rings (SSSR count). The van der Waals surface area contributed by atoms with Crippen LogP contribution in [0.15, 0.2) is 42.5 Å². The lowest BCUT2D eigenvalue weighted by Crippen LogP contribution is -2.18. The standard InChI is InChI=1S/C16H13ClF3N/c1-21-9-11-4-2-3-5-12(11)15(21)10-6-7-14(17)13(8-10)16(18,19)20/h2-8,15H,9H2,1H3. The number of benzene rings is 2. The highest BCUT2D eigenvalue weighted by Crippen LogP contribution is 2.41. The molecule has 1 aliphatic heterocycles. The fourth-order valence-electron chi connectivity index (χ4n) is 2.91. The van der Waals surface area contributed by atoms with Gasteiger partial charge in [-0.25, -0.2) is 0 Å². The van der Waals surface area contributed by atoms with Crippen LogP contribution in [0.5, 0.6) is 0 Å². The van der Waals surface area contributed by atoms with E-state index in [0.717, 1.165) is 23.7 Å². The van der Waals surface area contributed by atoms with Gasteiger partial charge in [0.1, 0.15) is 0 Å². The zero-order chi connectivity index (χ0) is 15.2. The van der Waals surface area contributed by atoms with Gasteiger partial charge in [0.15, 0.2) is 0 Å². The number of alkyl halides is 3. The fourth-order valence-corrected chi connectivity index (χ4v) is 3.13. The molecule has 1 aliphatic rings. The summed E-state index contributed by atoms with van der Waals surface area (Å²) < 4.78 is 39.0. The van der Waals surface area contributed by atoms with Gasteiger partial charge in [-0.2, -0.15) is 13.2 Å². The Balaban J connectivity index is 2.09. The van der Waals surface area contributed by atoms with Gasteiger partial charge in [0.05, 0.1) is 16.6 Å². The lowest BCUT2D eigenvalue weighted by molar-refractivity contribution is -0.137. The first-order valence-electron chi connectivity index (χ1n) is 6.52. The third kappa shape index (κ3) is 2.54. The van der Waals surface area contributed by atoms with E-state index in [2.05, 4.69) is 0 Å². The van der Waals surface area contributed by atoms with Gasteiger partial charge in [-0.05, 0) is 35.9 Å². The van der Waals surface area contributed by atoms with Crippen molar-refractivity contribution in [3.8, 4) is 0 Å². The molecule has 1 nitrogen and oxygen atoms in total. The highest BCUT2D eigenvalue weighted by atomic mass is 35.5. The molecular formula is C16H13ClF3N. The number of rotatable bonds is 1. The monoisotopic (exact) mass is 311 g/mol. The lowest BCUT2D eigenvalue weighted by Gasteiger charge is -2.22. The Hall–Kier alpha value is -1.52. The SMILES string of the molecule is CN1Cc2ccccc2C1c1ccc(Cl)c(C(F)(F)F)c1. The molecule has 1 atom stereocenters. The Morgan fingerprint density at radius 2 is 1.86 bits per heavy atom. The lowest BCUT2D eigenvalue weighted by atomic mass is 9.96. The highest BCUT2D eigenvalue weighted by molar-refractivity contribution is 6.31. The second kappa shape index (κ2) is 5.04. The molecule has 0 aromatic heterocycles. The molecule has 0 saturated heterocycles. The molecule has 0 aliphatic carbocycles. The van der Waals surface area contributed by atoms with Crippen molar-refractivity contribution in [3.05, 3.63) is 69.7 Å². The van der Waals surface area contributed by atoms with E-state index in [1.807, 2.05) is 36.2 Å². The van der Waals surface area contributed by atoms with Crippen LogP contribution in [0.3, 0.4) is 0 Å². The van der Waals surface area contributed by atoms with Crippen molar-refractivity contribution < 1.29 is 13.2 Å². The Labute approximate surface area is 126 Å². The quantitative estimate of drug-likeness (QED) is 0.724. The van der Waals surface area contributed by atoms with Gasteiger partial charge in [-0.15, -0.1) is 0 Å². The molecule has 5 heteroatoms. The molecule has 0 radical (unpaired) electrons. The van der Waals surface area contributed by atoms with Gasteiger partial charge in [0.25, 0.3) is 0 Å². The average Bonchev–Trinajstić information content (AvgIpc) is 2.74. The molecule has 2 aromatic carbocycles. The normalized spacial score (nSPS) is 18.8. The van der Waals surface area contributed by atoms with Crippen LogP contribution in [-0.2, 0) is 12.7 Å². The first-order chi connectivity index (χ1) is 9.88. The minimum atomic E-state index is -4.44. The Morgan fingerprint density at radius 3 is 2.57 bits per heavy atom. The molecule has 0 amide bonds. The van der Waals surface area contributed by atoms with E-state index in [4.69, 9.17) is 11.6 Å². The summed E-state index contributed by atoms with van der Waals surface area (Å²) in [5.74, 6) is 0. The predicted octanol–water partition coefficient (Wildman–Crippen LogP) is 4.89. The van der Waals surface area contributed by atoms with Crippen LogP contribution in [0.2, 0.25) is 5.02 Å². The van der Waals surface area contributed by atoms with Crippen LogP contribution in [0.25, 0.3) is 0 Å². The molecule has 1 heterocycles. The molecular weight excluding hydrogens is 299 g/mol. The van der Waals surface area contributed by atoms with Crippen molar-refractivity contribution in [1.29, 1.82) is 0 Å². The van der Waals surface area contributed by atoms with Crippen LogP contribution < -0.4 is 0 Å². The summed E-state index contributed by atoms with van der Waals surface area (Å²) in [4.78, 5) is 2.04. The van der Waals surface area contributed by atoms with E-state index in [1.54, 1.807) is 6.07 Å². The number of halogens is 4. The molecule has 0 bridgehead atoms. The van der Waals surface area contributed by atoms with Crippen LogP contribution in [0.1, 0.15) is 28.3 Å². The summed E-state index contributed by atoms with van der Waals surface area (Å²) in [7, 11) is 1.91. The average molecular weight is 312 g/mol. The summed E-state index contributed by atoms with van der Waals surface area (Å²) in [6, 6.07) is 11.8. The second-order valence-corrected chi connectivity index (χ2v) is 5.66. The van der Waals surface area contributed by atoms with Crippen molar-refractivity contribution in [1.82, 2.24) is 4.90 Å². The topological polar surface area (TPSA) is 3.24 Å². The molecule has 0 spiro atoms. The number of hydrogen-bond donors (Lipinski definition) is 0. The van der Waals surface area contributed by atoms with Crippen molar-refractivity contribution in [2.45, 2.75) is 18.8 Å². The third-order valence-electron chi connectivity index (χ3n) is 3.82. The van der Waals surface area contributed by atoms with Gasteiger partial charge in [-0.3, -0.25) is 4.90 Å². The predicted molar refractivity (Wildman–Crippen MR) is 76.2 cm³/mol. The minimum Gasteiger partial charge on any atom is -0.291 e. The molecule has 110 valence electrons. The fraction of sp³-hybridized carbons (Fsp3) is 0.250. The van der Waals surface area contributed by atoms with Crippen molar-refractivity contribution in [3.63, 3.8) is 0 Å². The summed E-state index contributed by atoms with van der Waals surface area (Å²) in [6.07, 6.45) is -4.44. The van der Waals surface area contributed by atoms with Gasteiger partial charge in [-0.1, -0.05) is 41.9 Å². The third-order valence-corrected chi connectivity index (χ3v) is 4.15. The summed E-state index contributed by atoms with van der Waals surface area (Å²) in [5, 5.41) is -0.264. The number of nitrogens with zero attached hydrogens (tertiary/aromatic N) is 1. The first kappa shape index (κ1) is 14.4. The van der Waals surface area contributed by atoms with Crippen LogP contribution in [0.4, 0.5) is 13.2 Å². The number of hydrogen-bond acceptors (Lipinski definition) is 1. The maximum atomic E-state index is 13.0. The Morgan fingerprint density at radius 1 is 1.14 bits per heavy atom. The van der Waals surface area contributed by atoms with Gasteiger partial charge < -0.3 is 0 Å². The Kier molecular flexibility index (Phi) is 3.46. The summed E-state index contributed by atoms with van der Waals surface area (Å²) >= 11 is 5.69. The first-order valence-corrected chi connectivity index (χ1v) is 6.90. The van der Waals surface area contributed by atoms with Crippen molar-refractivity contribution in [2.24, 2.45) is 0 Å². The van der Waals surface area contributed by atoms with Crippen molar-refractivity contribution in [2.75, 3.05) is 7.05 Å². The van der Waals surface area contributed by atoms with Crippen LogP contribution >= 0.6 is 11.6 Å². The summed E-state index contributed by atoms with van der Waals surface area (Å²) in [6.45, 7) is 0.727. The van der Waals surface area contributed by atoms with Gasteiger partial charge in [0.2, 0.25) is 0 Å². The van der Waals surface area contributed by atoms with Crippen LogP contribution in [-0.4, -0.2) is 11.9 Å². The smallest absolute Gasteiger partial charge is 0.291 e. The van der Waals surface area contributed by atoms with Crippen molar-refractivity contribution >= 4 is 11.6 Å².